The predicted molar refractivity (Wildman–Crippen MR) is 147 cm³/mol. The van der Waals surface area contributed by atoms with E-state index < -0.39 is 10.0 Å². The molecule has 0 spiro atoms. The van der Waals surface area contributed by atoms with Crippen molar-refractivity contribution in [1.82, 2.24) is 0 Å². The van der Waals surface area contributed by atoms with Crippen molar-refractivity contribution < 1.29 is 13.2 Å². The molecule has 1 aliphatic heterocycles. The number of benzene rings is 4. The maximum Gasteiger partial charge on any atom is 0.261 e. The fraction of sp³-hybridized carbons (Fsp3) is 0.0357. The van der Waals surface area contributed by atoms with Gasteiger partial charge >= 0.3 is 0 Å². The van der Waals surface area contributed by atoms with E-state index in [0.717, 1.165) is 16.1 Å². The summed E-state index contributed by atoms with van der Waals surface area (Å²) < 4.78 is 28.9. The van der Waals surface area contributed by atoms with Crippen molar-refractivity contribution in [2.24, 2.45) is 0 Å². The summed E-state index contributed by atoms with van der Waals surface area (Å²) in [4.78, 5) is 14.4. The maximum absolute atomic E-state index is 13.2. The third kappa shape index (κ3) is 4.86. The Morgan fingerprint density at radius 3 is 2.14 bits per heavy atom. The van der Waals surface area contributed by atoms with Gasteiger partial charge in [-0.15, -0.1) is 11.8 Å². The van der Waals surface area contributed by atoms with Crippen LogP contribution < -0.4 is 15.4 Å². The van der Waals surface area contributed by atoms with Gasteiger partial charge in [0.1, 0.15) is 0 Å². The molecule has 0 bridgehead atoms. The average Bonchev–Trinajstić information content (AvgIpc) is 3.23. The van der Waals surface area contributed by atoms with Gasteiger partial charge in [0.05, 0.1) is 16.2 Å². The van der Waals surface area contributed by atoms with Gasteiger partial charge in [-0.1, -0.05) is 48.5 Å². The second kappa shape index (κ2) is 9.93. The molecule has 0 aliphatic carbocycles. The van der Waals surface area contributed by atoms with Crippen LogP contribution in [0.25, 0.3) is 11.3 Å². The van der Waals surface area contributed by atoms with Crippen molar-refractivity contribution in [2.45, 2.75) is 9.79 Å². The van der Waals surface area contributed by atoms with Crippen molar-refractivity contribution in [3.8, 4) is 0 Å². The number of rotatable bonds is 7. The Kier molecular flexibility index (Phi) is 6.54. The number of nitrogens with one attached hydrogen (secondary N) is 3. The highest BCUT2D eigenvalue weighted by molar-refractivity contribution is 7.98. The molecule has 5 rings (SSSR count). The lowest BCUT2D eigenvalue weighted by Crippen LogP contribution is -2.13. The van der Waals surface area contributed by atoms with Crippen LogP contribution in [-0.2, 0) is 14.8 Å². The number of carbonyl (C=O) groups is 1. The lowest BCUT2D eigenvalue weighted by atomic mass is 10.00. The van der Waals surface area contributed by atoms with E-state index in [2.05, 4.69) is 15.4 Å². The molecule has 0 saturated carbocycles. The fourth-order valence-electron chi connectivity index (χ4n) is 3.98. The quantitative estimate of drug-likeness (QED) is 0.204. The molecule has 6 nitrogen and oxygen atoms in total. The predicted octanol–water partition coefficient (Wildman–Crippen LogP) is 6.14. The van der Waals surface area contributed by atoms with Gasteiger partial charge in [-0.2, -0.15) is 0 Å². The molecule has 0 aromatic heterocycles. The summed E-state index contributed by atoms with van der Waals surface area (Å²) in [6.45, 7) is 0. The number of hydrogen-bond donors (Lipinski definition) is 3. The van der Waals surface area contributed by atoms with Crippen LogP contribution in [0.15, 0.2) is 113 Å². The Morgan fingerprint density at radius 1 is 0.806 bits per heavy atom. The van der Waals surface area contributed by atoms with Gasteiger partial charge in [0.2, 0.25) is 0 Å². The Labute approximate surface area is 214 Å². The highest BCUT2D eigenvalue weighted by atomic mass is 32.2. The highest BCUT2D eigenvalue weighted by Gasteiger charge is 2.30. The number of fused-ring (bicyclic) bond motifs is 1. The van der Waals surface area contributed by atoms with Gasteiger partial charge in [-0.25, -0.2) is 8.42 Å². The fourth-order valence-corrected chi connectivity index (χ4v) is 5.48. The summed E-state index contributed by atoms with van der Waals surface area (Å²) in [5.41, 5.74) is 4.12. The first kappa shape index (κ1) is 23.7. The zero-order chi connectivity index (χ0) is 25.1. The van der Waals surface area contributed by atoms with Gasteiger partial charge < -0.3 is 10.6 Å². The summed E-state index contributed by atoms with van der Waals surface area (Å²) in [7, 11) is -3.87. The number of carbonyl (C=O) groups excluding carboxylic acids is 1. The van der Waals surface area contributed by atoms with E-state index in [1.54, 1.807) is 42.1 Å². The second-order valence-electron chi connectivity index (χ2n) is 8.10. The van der Waals surface area contributed by atoms with Crippen LogP contribution in [0, 0.1) is 0 Å². The molecule has 0 atom stereocenters. The molecule has 4 aromatic rings. The molecule has 0 unspecified atom stereocenters. The topological polar surface area (TPSA) is 87.3 Å². The minimum atomic E-state index is -3.87. The molecule has 0 fully saturated rings. The summed E-state index contributed by atoms with van der Waals surface area (Å²) in [5, 5.41) is 6.28. The number of sulfonamides is 1. The van der Waals surface area contributed by atoms with Crippen molar-refractivity contribution in [3.63, 3.8) is 0 Å². The number of hydrogen-bond acceptors (Lipinski definition) is 5. The van der Waals surface area contributed by atoms with Gasteiger partial charge in [-0.3, -0.25) is 9.52 Å². The second-order valence-corrected chi connectivity index (χ2v) is 10.7. The summed E-state index contributed by atoms with van der Waals surface area (Å²) >= 11 is 1.65. The monoisotopic (exact) mass is 513 g/mol. The molecule has 3 N–H and O–H groups in total. The molecule has 0 saturated heterocycles. The molecular formula is C28H23N3O3S2. The van der Waals surface area contributed by atoms with E-state index in [0.29, 0.717) is 28.2 Å². The lowest BCUT2D eigenvalue weighted by Gasteiger charge is -2.15. The first-order valence-electron chi connectivity index (χ1n) is 11.2. The van der Waals surface area contributed by atoms with Gasteiger partial charge in [-0.05, 0) is 66.4 Å². The Balaban J connectivity index is 1.61. The smallest absolute Gasteiger partial charge is 0.261 e. The molecule has 0 radical (unpaired) electrons. The van der Waals surface area contributed by atoms with E-state index in [4.69, 9.17) is 0 Å². The van der Waals surface area contributed by atoms with Crippen molar-refractivity contribution in [1.29, 1.82) is 0 Å². The Bertz CT molecular complexity index is 1550. The summed E-state index contributed by atoms with van der Waals surface area (Å²) in [5.74, 6) is -0.303. The van der Waals surface area contributed by atoms with Crippen LogP contribution in [-0.4, -0.2) is 20.6 Å². The van der Waals surface area contributed by atoms with Crippen LogP contribution in [0.2, 0.25) is 0 Å². The van der Waals surface area contributed by atoms with E-state index in [-0.39, 0.29) is 10.8 Å². The maximum atomic E-state index is 13.2. The van der Waals surface area contributed by atoms with Crippen LogP contribution >= 0.6 is 11.8 Å². The average molecular weight is 514 g/mol. The van der Waals surface area contributed by atoms with Gasteiger partial charge in [0, 0.05) is 27.5 Å². The third-order valence-electron chi connectivity index (χ3n) is 5.74. The minimum absolute atomic E-state index is 0.0656. The largest absolute Gasteiger partial charge is 0.354 e. The van der Waals surface area contributed by atoms with E-state index in [1.807, 2.05) is 66.9 Å². The van der Waals surface area contributed by atoms with E-state index >= 15 is 0 Å². The summed E-state index contributed by atoms with van der Waals surface area (Å²) in [6, 6.07) is 30.8. The first-order chi connectivity index (χ1) is 17.4. The van der Waals surface area contributed by atoms with Gasteiger partial charge in [0.15, 0.2) is 0 Å². The Hall–Kier alpha value is -4.01. The number of thioether (sulfide) groups is 1. The number of amides is 1. The first-order valence-corrected chi connectivity index (χ1v) is 13.9. The van der Waals surface area contributed by atoms with Crippen molar-refractivity contribution >= 4 is 56.0 Å². The van der Waals surface area contributed by atoms with E-state index in [1.165, 1.54) is 12.1 Å². The molecule has 180 valence electrons. The molecule has 1 amide bonds. The van der Waals surface area contributed by atoms with E-state index in [9.17, 15) is 13.2 Å². The number of anilines is 3. The zero-order valence-corrected chi connectivity index (χ0v) is 21.0. The normalized spacial score (nSPS) is 14.1. The molecule has 4 aromatic carbocycles. The molecule has 1 heterocycles. The molecule has 36 heavy (non-hydrogen) atoms. The Morgan fingerprint density at radius 2 is 1.47 bits per heavy atom. The minimum Gasteiger partial charge on any atom is -0.354 e. The molecule has 1 aliphatic rings. The van der Waals surface area contributed by atoms with Crippen molar-refractivity contribution in [3.05, 3.63) is 114 Å². The highest BCUT2D eigenvalue weighted by Crippen LogP contribution is 2.39. The van der Waals surface area contributed by atoms with Crippen LogP contribution in [0.5, 0.6) is 0 Å². The molecular weight excluding hydrogens is 490 g/mol. The summed E-state index contributed by atoms with van der Waals surface area (Å²) in [6.07, 6.45) is 2.01. The van der Waals surface area contributed by atoms with Crippen LogP contribution in [0.3, 0.4) is 0 Å². The zero-order valence-electron chi connectivity index (χ0n) is 19.4. The van der Waals surface area contributed by atoms with Gasteiger partial charge in [0.25, 0.3) is 15.9 Å². The lowest BCUT2D eigenvalue weighted by molar-refractivity contribution is -0.110. The third-order valence-corrected chi connectivity index (χ3v) is 7.87. The SMILES string of the molecule is CSc1ccc(N/C(=C2\C(=O)Nc3ccc(S(=O)(=O)Nc4ccccc4)cc32)c2ccccc2)cc1. The molecule has 8 heteroatoms. The van der Waals surface area contributed by atoms with Crippen LogP contribution in [0.1, 0.15) is 11.1 Å². The standard InChI is InChI=1S/C28H23N3O3S2/c1-35-22-14-12-20(13-15-22)29-27(19-8-4-2-5-9-19)26-24-18-23(16-17-25(24)30-28(26)32)36(33,34)31-21-10-6-3-7-11-21/h2-18,29,31H,1H3,(H,30,32)/b27-26-. The number of para-hydroxylation sites is 1. The van der Waals surface area contributed by atoms with Crippen molar-refractivity contribution in [2.75, 3.05) is 21.6 Å². The van der Waals surface area contributed by atoms with Crippen LogP contribution in [0.4, 0.5) is 17.1 Å².